The van der Waals surface area contributed by atoms with E-state index < -0.39 is 10.8 Å². The molecule has 1 heterocycles. The molecule has 8 nitrogen and oxygen atoms in total. The Hall–Kier alpha value is -4.20. The van der Waals surface area contributed by atoms with Crippen molar-refractivity contribution in [2.45, 2.75) is 6.92 Å². The first-order valence-electron chi connectivity index (χ1n) is 9.16. The van der Waals surface area contributed by atoms with Crippen LogP contribution in [0.4, 0.5) is 11.4 Å². The van der Waals surface area contributed by atoms with Gasteiger partial charge in [0.15, 0.2) is 0 Å². The quantitative estimate of drug-likeness (QED) is 0.371. The largest absolute Gasteiger partial charge is 0.495 e. The van der Waals surface area contributed by atoms with Crippen LogP contribution in [0.5, 0.6) is 5.75 Å². The first-order chi connectivity index (χ1) is 14.5. The van der Waals surface area contributed by atoms with Gasteiger partial charge in [-0.1, -0.05) is 18.2 Å². The lowest BCUT2D eigenvalue weighted by Gasteiger charge is -2.12. The van der Waals surface area contributed by atoms with Crippen molar-refractivity contribution in [3.8, 4) is 17.1 Å². The molecule has 0 fully saturated rings. The molecule has 0 atom stereocenters. The number of fused-ring (bicyclic) bond motifs is 1. The summed E-state index contributed by atoms with van der Waals surface area (Å²) in [7, 11) is 1.50. The van der Waals surface area contributed by atoms with Crippen LogP contribution in [0.25, 0.3) is 22.4 Å². The summed E-state index contributed by atoms with van der Waals surface area (Å²) in [6.45, 7) is 1.62. The van der Waals surface area contributed by atoms with Crippen molar-refractivity contribution in [1.82, 2.24) is 9.97 Å². The standard InChI is InChI=1S/C22H18N4O4/c1-13-7-8-15(12-19(13)26(28)29)22(27)25-18-11-14(9-10-20(18)30-2)21-23-16-5-3-4-6-17(16)24-21/h3-12H,1-2H3,(H,23,24)(H,25,27). The Labute approximate surface area is 171 Å². The lowest BCUT2D eigenvalue weighted by atomic mass is 10.1. The molecule has 0 saturated heterocycles. The number of aromatic nitrogens is 2. The van der Waals surface area contributed by atoms with Crippen LogP contribution in [0.2, 0.25) is 0 Å². The van der Waals surface area contributed by atoms with Crippen molar-refractivity contribution >= 4 is 28.3 Å². The van der Waals surface area contributed by atoms with Gasteiger partial charge in [-0.2, -0.15) is 0 Å². The number of anilines is 1. The van der Waals surface area contributed by atoms with Gasteiger partial charge in [0.25, 0.3) is 11.6 Å². The molecular formula is C22H18N4O4. The highest BCUT2D eigenvalue weighted by Crippen LogP contribution is 2.31. The number of hydrogen-bond acceptors (Lipinski definition) is 5. The monoisotopic (exact) mass is 402 g/mol. The second-order valence-electron chi connectivity index (χ2n) is 6.73. The van der Waals surface area contributed by atoms with Crippen LogP contribution >= 0.6 is 0 Å². The minimum atomic E-state index is -0.505. The van der Waals surface area contributed by atoms with Crippen LogP contribution in [0.1, 0.15) is 15.9 Å². The van der Waals surface area contributed by atoms with Crippen molar-refractivity contribution in [2.75, 3.05) is 12.4 Å². The molecule has 4 aromatic rings. The number of imidazole rings is 1. The summed E-state index contributed by atoms with van der Waals surface area (Å²) < 4.78 is 5.36. The molecule has 0 aliphatic heterocycles. The molecule has 0 bridgehead atoms. The van der Waals surface area contributed by atoms with E-state index in [-0.39, 0.29) is 11.3 Å². The fourth-order valence-electron chi connectivity index (χ4n) is 3.18. The molecule has 0 unspecified atom stereocenters. The second kappa shape index (κ2) is 7.67. The number of nitro groups is 1. The van der Waals surface area contributed by atoms with Crippen LogP contribution in [0.3, 0.4) is 0 Å². The molecule has 8 heteroatoms. The van der Waals surface area contributed by atoms with E-state index in [9.17, 15) is 14.9 Å². The van der Waals surface area contributed by atoms with Gasteiger partial charge >= 0.3 is 0 Å². The SMILES string of the molecule is COc1ccc(-c2nc3ccccc3[nH]2)cc1NC(=O)c1ccc(C)c([N+](=O)[O-])c1. The van der Waals surface area contributed by atoms with Crippen molar-refractivity contribution in [3.05, 3.63) is 81.9 Å². The Bertz CT molecular complexity index is 1250. The van der Waals surface area contributed by atoms with Crippen LogP contribution < -0.4 is 10.1 Å². The molecule has 1 amide bonds. The number of carbonyl (C=O) groups excluding carboxylic acids is 1. The van der Waals surface area contributed by atoms with E-state index >= 15 is 0 Å². The summed E-state index contributed by atoms with van der Waals surface area (Å²) in [5.41, 5.74) is 3.50. The molecule has 0 radical (unpaired) electrons. The van der Waals surface area contributed by atoms with Gasteiger partial charge in [0.2, 0.25) is 0 Å². The number of amides is 1. The van der Waals surface area contributed by atoms with E-state index in [1.54, 1.807) is 31.2 Å². The second-order valence-corrected chi connectivity index (χ2v) is 6.73. The van der Waals surface area contributed by atoms with Crippen molar-refractivity contribution in [1.29, 1.82) is 0 Å². The van der Waals surface area contributed by atoms with Gasteiger partial charge in [-0.3, -0.25) is 14.9 Å². The normalized spacial score (nSPS) is 10.7. The molecule has 0 aliphatic carbocycles. The lowest BCUT2D eigenvalue weighted by Crippen LogP contribution is -2.13. The van der Waals surface area contributed by atoms with E-state index in [0.717, 1.165) is 16.6 Å². The molecule has 3 aromatic carbocycles. The minimum absolute atomic E-state index is 0.106. The Morgan fingerprint density at radius 3 is 2.67 bits per heavy atom. The first kappa shape index (κ1) is 19.1. The smallest absolute Gasteiger partial charge is 0.273 e. The molecule has 0 saturated carbocycles. The highest BCUT2D eigenvalue weighted by atomic mass is 16.6. The number of nitro benzene ring substituents is 1. The summed E-state index contributed by atoms with van der Waals surface area (Å²) in [6.07, 6.45) is 0. The maximum Gasteiger partial charge on any atom is 0.273 e. The third-order valence-electron chi connectivity index (χ3n) is 4.78. The molecule has 1 aromatic heterocycles. The Kier molecular flexibility index (Phi) is 4.89. The first-order valence-corrected chi connectivity index (χ1v) is 9.16. The number of benzene rings is 3. The van der Waals surface area contributed by atoms with Gasteiger partial charge in [0.1, 0.15) is 11.6 Å². The average Bonchev–Trinajstić information content (AvgIpc) is 3.18. The Morgan fingerprint density at radius 1 is 1.13 bits per heavy atom. The number of aromatic amines is 1. The number of hydrogen-bond donors (Lipinski definition) is 2. The Balaban J connectivity index is 1.68. The average molecular weight is 402 g/mol. The van der Waals surface area contributed by atoms with E-state index in [0.29, 0.717) is 22.8 Å². The summed E-state index contributed by atoms with van der Waals surface area (Å²) in [5.74, 6) is 0.642. The van der Waals surface area contributed by atoms with Gasteiger partial charge in [-0.05, 0) is 43.3 Å². The summed E-state index contributed by atoms with van der Waals surface area (Å²) >= 11 is 0. The zero-order valence-electron chi connectivity index (χ0n) is 16.3. The minimum Gasteiger partial charge on any atom is -0.495 e. The summed E-state index contributed by atoms with van der Waals surface area (Å²) in [5, 5.41) is 14.0. The predicted octanol–water partition coefficient (Wildman–Crippen LogP) is 4.71. The number of carbonyl (C=O) groups is 1. The highest BCUT2D eigenvalue weighted by Gasteiger charge is 2.17. The maximum absolute atomic E-state index is 12.7. The summed E-state index contributed by atoms with van der Waals surface area (Å²) in [4.78, 5) is 31.2. The molecular weight excluding hydrogens is 384 g/mol. The predicted molar refractivity (Wildman–Crippen MR) is 114 cm³/mol. The molecule has 4 rings (SSSR count). The number of para-hydroxylation sites is 2. The van der Waals surface area contributed by atoms with Crippen LogP contribution in [0, 0.1) is 17.0 Å². The van der Waals surface area contributed by atoms with Crippen molar-refractivity contribution < 1.29 is 14.5 Å². The highest BCUT2D eigenvalue weighted by molar-refractivity contribution is 6.05. The fourth-order valence-corrected chi connectivity index (χ4v) is 3.18. The fraction of sp³-hybridized carbons (Fsp3) is 0.0909. The van der Waals surface area contributed by atoms with E-state index in [1.807, 2.05) is 30.3 Å². The molecule has 150 valence electrons. The van der Waals surface area contributed by atoms with Gasteiger partial charge < -0.3 is 15.0 Å². The summed E-state index contributed by atoms with van der Waals surface area (Å²) in [6, 6.07) is 17.4. The zero-order valence-corrected chi connectivity index (χ0v) is 16.3. The van der Waals surface area contributed by atoms with Crippen molar-refractivity contribution in [3.63, 3.8) is 0 Å². The van der Waals surface area contributed by atoms with Crippen LogP contribution in [-0.4, -0.2) is 27.9 Å². The molecule has 2 N–H and O–H groups in total. The number of ether oxygens (including phenoxy) is 1. The number of rotatable bonds is 5. The number of aryl methyl sites for hydroxylation is 1. The maximum atomic E-state index is 12.7. The zero-order chi connectivity index (χ0) is 21.3. The van der Waals surface area contributed by atoms with E-state index in [1.165, 1.54) is 13.2 Å². The van der Waals surface area contributed by atoms with E-state index in [4.69, 9.17) is 4.74 Å². The number of methoxy groups -OCH3 is 1. The van der Waals surface area contributed by atoms with E-state index in [2.05, 4.69) is 15.3 Å². The Morgan fingerprint density at radius 2 is 1.93 bits per heavy atom. The number of nitrogens with one attached hydrogen (secondary N) is 2. The van der Waals surface area contributed by atoms with Gasteiger partial charge in [-0.15, -0.1) is 0 Å². The van der Waals surface area contributed by atoms with Crippen molar-refractivity contribution in [2.24, 2.45) is 0 Å². The van der Waals surface area contributed by atoms with Crippen LogP contribution in [0.15, 0.2) is 60.7 Å². The number of H-pyrrole nitrogens is 1. The van der Waals surface area contributed by atoms with Gasteiger partial charge in [0.05, 0.1) is 28.8 Å². The lowest BCUT2D eigenvalue weighted by molar-refractivity contribution is -0.385. The molecule has 30 heavy (non-hydrogen) atoms. The topological polar surface area (TPSA) is 110 Å². The number of nitrogens with zero attached hydrogens (tertiary/aromatic N) is 2. The van der Waals surface area contributed by atoms with Gasteiger partial charge in [-0.25, -0.2) is 4.98 Å². The third kappa shape index (κ3) is 3.58. The molecule has 0 aliphatic rings. The van der Waals surface area contributed by atoms with Crippen LogP contribution in [-0.2, 0) is 0 Å². The van der Waals surface area contributed by atoms with Gasteiger partial charge in [0, 0.05) is 22.8 Å². The third-order valence-corrected chi connectivity index (χ3v) is 4.78. The molecule has 0 spiro atoms.